The molecule has 2 aromatic rings. The van der Waals surface area contributed by atoms with Gasteiger partial charge in [-0.25, -0.2) is 0 Å². The number of aliphatic imine (C=N–C) groups is 1. The Hall–Kier alpha value is -1.65. The molecule has 0 saturated carbocycles. The Morgan fingerprint density at radius 3 is 2.58 bits per heavy atom. The number of nitrogens with zero attached hydrogens (tertiary/aromatic N) is 5. The fraction of sp³-hybridized carbons (Fsp3) is 0.600. The molecule has 0 saturated heterocycles. The van der Waals surface area contributed by atoms with Gasteiger partial charge in [0.1, 0.15) is 0 Å². The Morgan fingerprint density at radius 2 is 2.00 bits per heavy atom. The lowest BCUT2D eigenvalue weighted by Gasteiger charge is -2.11. The predicted octanol–water partition coefficient (Wildman–Crippen LogP) is 1.61. The highest BCUT2D eigenvalue weighted by atomic mass is 127. The molecular formula is C15H26IN7O. The molecule has 8 nitrogen and oxygen atoms in total. The van der Waals surface area contributed by atoms with E-state index in [2.05, 4.69) is 43.9 Å². The van der Waals surface area contributed by atoms with Crippen LogP contribution in [-0.2, 0) is 13.0 Å². The predicted molar refractivity (Wildman–Crippen MR) is 104 cm³/mol. The summed E-state index contributed by atoms with van der Waals surface area (Å²) in [5, 5.41) is 14.7. The van der Waals surface area contributed by atoms with Crippen molar-refractivity contribution in [2.45, 2.75) is 40.2 Å². The highest BCUT2D eigenvalue weighted by molar-refractivity contribution is 14.0. The van der Waals surface area contributed by atoms with E-state index in [-0.39, 0.29) is 24.0 Å². The van der Waals surface area contributed by atoms with E-state index in [9.17, 15) is 0 Å². The van der Waals surface area contributed by atoms with Crippen LogP contribution >= 0.6 is 24.0 Å². The van der Waals surface area contributed by atoms with Gasteiger partial charge in [0.2, 0.25) is 5.89 Å². The highest BCUT2D eigenvalue weighted by Gasteiger charge is 2.04. The largest absolute Gasteiger partial charge is 0.356 e. The van der Waals surface area contributed by atoms with Crippen LogP contribution in [0.1, 0.15) is 29.5 Å². The number of hydrogen-bond acceptors (Lipinski definition) is 5. The first-order valence-corrected chi connectivity index (χ1v) is 7.83. The second kappa shape index (κ2) is 10.3. The van der Waals surface area contributed by atoms with Gasteiger partial charge in [-0.15, -0.1) is 24.0 Å². The third-order valence-corrected chi connectivity index (χ3v) is 3.37. The fourth-order valence-electron chi connectivity index (χ4n) is 2.29. The zero-order chi connectivity index (χ0) is 16.7. The van der Waals surface area contributed by atoms with Crippen LogP contribution in [0.3, 0.4) is 0 Å². The van der Waals surface area contributed by atoms with E-state index >= 15 is 0 Å². The lowest BCUT2D eigenvalue weighted by atomic mass is 10.4. The summed E-state index contributed by atoms with van der Waals surface area (Å²) in [6.07, 6.45) is 1.65. The number of aryl methyl sites for hydroxylation is 4. The third kappa shape index (κ3) is 6.46. The number of hydrogen-bond donors (Lipinski definition) is 2. The van der Waals surface area contributed by atoms with Gasteiger partial charge in [-0.2, -0.15) is 10.1 Å². The molecule has 0 aliphatic carbocycles. The molecule has 0 aliphatic heterocycles. The number of guanidine groups is 1. The number of nitrogens with one attached hydrogen (secondary N) is 2. The van der Waals surface area contributed by atoms with E-state index in [0.717, 1.165) is 31.2 Å². The maximum absolute atomic E-state index is 5.07. The molecule has 9 heteroatoms. The summed E-state index contributed by atoms with van der Waals surface area (Å²) >= 11 is 0. The Balaban J connectivity index is 0.00000288. The lowest BCUT2D eigenvalue weighted by Crippen LogP contribution is -2.39. The summed E-state index contributed by atoms with van der Waals surface area (Å²) in [6.45, 7) is 8.32. The van der Waals surface area contributed by atoms with E-state index in [0.29, 0.717) is 24.7 Å². The van der Waals surface area contributed by atoms with Crippen LogP contribution in [-0.4, -0.2) is 46.0 Å². The van der Waals surface area contributed by atoms with Crippen molar-refractivity contribution in [1.29, 1.82) is 0 Å². The summed E-state index contributed by atoms with van der Waals surface area (Å²) in [6, 6.07) is 2.09. The Labute approximate surface area is 159 Å². The first kappa shape index (κ1) is 20.4. The minimum Gasteiger partial charge on any atom is -0.356 e. The van der Waals surface area contributed by atoms with Crippen molar-refractivity contribution in [3.05, 3.63) is 29.2 Å². The van der Waals surface area contributed by atoms with Crippen molar-refractivity contribution in [3.8, 4) is 0 Å². The van der Waals surface area contributed by atoms with Gasteiger partial charge < -0.3 is 15.2 Å². The number of halogens is 1. The maximum Gasteiger partial charge on any atom is 0.228 e. The average Bonchev–Trinajstić information content (AvgIpc) is 3.07. The number of aromatic nitrogens is 4. The molecule has 0 unspecified atom stereocenters. The quantitative estimate of drug-likeness (QED) is 0.290. The SMILES string of the molecule is CN=C(NCCCn1nc(C)cc1C)NCCc1nc(C)no1.I. The fourth-order valence-corrected chi connectivity index (χ4v) is 2.29. The van der Waals surface area contributed by atoms with Crippen LogP contribution < -0.4 is 10.6 Å². The molecule has 134 valence electrons. The first-order valence-electron chi connectivity index (χ1n) is 7.83. The van der Waals surface area contributed by atoms with Gasteiger partial charge in [-0.05, 0) is 33.3 Å². The average molecular weight is 447 g/mol. The minimum atomic E-state index is 0. The highest BCUT2D eigenvalue weighted by Crippen LogP contribution is 2.02. The van der Waals surface area contributed by atoms with Crippen LogP contribution in [0.5, 0.6) is 0 Å². The van der Waals surface area contributed by atoms with Crippen LogP contribution in [0, 0.1) is 20.8 Å². The maximum atomic E-state index is 5.07. The van der Waals surface area contributed by atoms with Crippen molar-refractivity contribution in [1.82, 2.24) is 30.6 Å². The molecule has 0 radical (unpaired) electrons. The van der Waals surface area contributed by atoms with E-state index in [1.54, 1.807) is 7.05 Å². The molecule has 2 rings (SSSR count). The Bertz CT molecular complexity index is 650. The molecule has 0 amide bonds. The smallest absolute Gasteiger partial charge is 0.228 e. The molecular weight excluding hydrogens is 421 g/mol. The van der Waals surface area contributed by atoms with Gasteiger partial charge in [0.25, 0.3) is 0 Å². The normalized spacial score (nSPS) is 11.2. The zero-order valence-electron chi connectivity index (χ0n) is 14.7. The molecule has 0 aliphatic rings. The molecule has 0 atom stereocenters. The minimum absolute atomic E-state index is 0. The van der Waals surface area contributed by atoms with Gasteiger partial charge in [-0.3, -0.25) is 9.67 Å². The van der Waals surface area contributed by atoms with E-state index in [1.165, 1.54) is 5.69 Å². The van der Waals surface area contributed by atoms with Crippen molar-refractivity contribution < 1.29 is 4.52 Å². The number of rotatable bonds is 7. The van der Waals surface area contributed by atoms with Crippen molar-refractivity contribution >= 4 is 29.9 Å². The summed E-state index contributed by atoms with van der Waals surface area (Å²) in [5.74, 6) is 2.07. The van der Waals surface area contributed by atoms with Crippen LogP contribution in [0.25, 0.3) is 0 Å². The van der Waals surface area contributed by atoms with Gasteiger partial charge in [-0.1, -0.05) is 5.16 Å². The van der Waals surface area contributed by atoms with Gasteiger partial charge in [0, 0.05) is 38.8 Å². The van der Waals surface area contributed by atoms with Crippen molar-refractivity contribution in [3.63, 3.8) is 0 Å². The summed E-state index contributed by atoms with van der Waals surface area (Å²) in [4.78, 5) is 8.36. The van der Waals surface area contributed by atoms with Gasteiger partial charge >= 0.3 is 0 Å². The summed E-state index contributed by atoms with van der Waals surface area (Å²) in [5.41, 5.74) is 2.25. The molecule has 2 heterocycles. The van der Waals surface area contributed by atoms with Crippen LogP contribution in [0.15, 0.2) is 15.6 Å². The van der Waals surface area contributed by atoms with Crippen molar-refractivity contribution in [2.75, 3.05) is 20.1 Å². The standard InChI is InChI=1S/C15H25N7O.HI/c1-11-10-12(2)22(20-11)9-5-7-17-15(16-4)18-8-6-14-19-13(3)21-23-14;/h10H,5-9H2,1-4H3,(H2,16,17,18);1H. The molecule has 0 fully saturated rings. The topological polar surface area (TPSA) is 93.2 Å². The molecule has 2 aromatic heterocycles. The second-order valence-electron chi connectivity index (χ2n) is 5.41. The molecule has 2 N–H and O–H groups in total. The van der Waals surface area contributed by atoms with Gasteiger partial charge in [0.15, 0.2) is 11.8 Å². The van der Waals surface area contributed by atoms with Crippen LogP contribution in [0.2, 0.25) is 0 Å². The molecule has 0 aromatic carbocycles. The van der Waals surface area contributed by atoms with Gasteiger partial charge in [0.05, 0.1) is 5.69 Å². The summed E-state index contributed by atoms with van der Waals surface area (Å²) < 4.78 is 7.10. The Morgan fingerprint density at radius 1 is 1.25 bits per heavy atom. The molecule has 0 bridgehead atoms. The third-order valence-electron chi connectivity index (χ3n) is 3.37. The van der Waals surface area contributed by atoms with Crippen LogP contribution in [0.4, 0.5) is 0 Å². The monoisotopic (exact) mass is 447 g/mol. The van der Waals surface area contributed by atoms with E-state index in [1.807, 2.05) is 18.5 Å². The van der Waals surface area contributed by atoms with E-state index in [4.69, 9.17) is 4.52 Å². The van der Waals surface area contributed by atoms with Crippen molar-refractivity contribution in [2.24, 2.45) is 4.99 Å². The lowest BCUT2D eigenvalue weighted by molar-refractivity contribution is 0.374. The van der Waals surface area contributed by atoms with E-state index < -0.39 is 0 Å². The first-order chi connectivity index (χ1) is 11.1. The zero-order valence-corrected chi connectivity index (χ0v) is 17.0. The second-order valence-corrected chi connectivity index (χ2v) is 5.41. The Kier molecular flexibility index (Phi) is 8.72. The molecule has 0 spiro atoms. The molecule has 24 heavy (non-hydrogen) atoms. The summed E-state index contributed by atoms with van der Waals surface area (Å²) in [7, 11) is 1.76.